The number of benzene rings is 1. The second-order valence-corrected chi connectivity index (χ2v) is 3.51. The van der Waals surface area contributed by atoms with E-state index in [2.05, 4.69) is 0 Å². The summed E-state index contributed by atoms with van der Waals surface area (Å²) in [4.78, 5) is 27.6. The molecule has 0 radical (unpaired) electrons. The molecule has 1 aromatic rings. The highest BCUT2D eigenvalue weighted by Crippen LogP contribution is 2.14. The summed E-state index contributed by atoms with van der Waals surface area (Å²) in [5.74, 6) is -1.20. The number of aliphatic hydroxyl groups excluding tert-OH is 1. The van der Waals surface area contributed by atoms with Crippen LogP contribution in [0.3, 0.4) is 0 Å². The van der Waals surface area contributed by atoms with Gasteiger partial charge in [-0.1, -0.05) is 30.3 Å². The minimum atomic E-state index is -1.26. The first-order valence-corrected chi connectivity index (χ1v) is 4.90. The molecule has 84 valence electrons. The molecule has 1 aliphatic rings. The highest BCUT2D eigenvalue weighted by molar-refractivity contribution is 6.03. The van der Waals surface area contributed by atoms with Crippen LogP contribution in [0.15, 0.2) is 30.3 Å². The van der Waals surface area contributed by atoms with Crippen LogP contribution in [-0.4, -0.2) is 28.1 Å². The van der Waals surface area contributed by atoms with Gasteiger partial charge in [0.15, 0.2) is 0 Å². The Balaban J connectivity index is 1.96. The van der Waals surface area contributed by atoms with Crippen molar-refractivity contribution in [3.8, 4) is 0 Å². The first-order valence-electron chi connectivity index (χ1n) is 4.90. The second-order valence-electron chi connectivity index (χ2n) is 3.51. The summed E-state index contributed by atoms with van der Waals surface area (Å²) < 4.78 is 0. The molecule has 1 fully saturated rings. The van der Waals surface area contributed by atoms with Crippen molar-refractivity contribution in [2.75, 3.05) is 0 Å². The van der Waals surface area contributed by atoms with E-state index in [1.807, 2.05) is 30.3 Å². The Bertz CT molecular complexity index is 404. The third-order valence-corrected chi connectivity index (χ3v) is 2.28. The van der Waals surface area contributed by atoms with E-state index in [0.29, 0.717) is 5.06 Å². The Hall–Kier alpha value is -1.72. The Morgan fingerprint density at radius 2 is 2.00 bits per heavy atom. The van der Waals surface area contributed by atoms with Crippen molar-refractivity contribution in [2.24, 2.45) is 0 Å². The van der Waals surface area contributed by atoms with E-state index >= 15 is 0 Å². The van der Waals surface area contributed by atoms with Crippen LogP contribution in [0.5, 0.6) is 0 Å². The number of nitrogens with zero attached hydrogens (tertiary/aromatic N) is 1. The topological polar surface area (TPSA) is 66.8 Å². The molecule has 0 aromatic heterocycles. The fourth-order valence-corrected chi connectivity index (χ4v) is 1.44. The lowest BCUT2D eigenvalue weighted by Crippen LogP contribution is -2.31. The third kappa shape index (κ3) is 2.10. The molecular formula is C11H11NO4. The molecule has 0 saturated carbocycles. The van der Waals surface area contributed by atoms with E-state index in [1.54, 1.807) is 0 Å². The van der Waals surface area contributed by atoms with Gasteiger partial charge in [0.25, 0.3) is 11.8 Å². The first kappa shape index (κ1) is 10.8. The Kier molecular flexibility index (Phi) is 2.98. The summed E-state index contributed by atoms with van der Waals surface area (Å²) in [5.41, 5.74) is 0.851. The minimum Gasteiger partial charge on any atom is -0.383 e. The standard InChI is InChI=1S/C11H11NO4/c13-9-6-10(14)12(11(9)15)16-7-8-4-2-1-3-5-8/h1-5,9,13H,6-7H2. The molecule has 1 atom stereocenters. The van der Waals surface area contributed by atoms with E-state index in [1.165, 1.54) is 0 Å². The van der Waals surface area contributed by atoms with Crippen LogP contribution in [0.1, 0.15) is 12.0 Å². The molecule has 1 unspecified atom stereocenters. The molecule has 2 rings (SSSR count). The van der Waals surface area contributed by atoms with Crippen molar-refractivity contribution in [3.05, 3.63) is 35.9 Å². The Labute approximate surface area is 92.2 Å². The number of carbonyl (C=O) groups is 2. The maximum absolute atomic E-state index is 11.3. The van der Waals surface area contributed by atoms with Crippen LogP contribution in [0.25, 0.3) is 0 Å². The van der Waals surface area contributed by atoms with Gasteiger partial charge in [0.05, 0.1) is 6.42 Å². The third-order valence-electron chi connectivity index (χ3n) is 2.28. The molecule has 5 heteroatoms. The van der Waals surface area contributed by atoms with Gasteiger partial charge in [-0.25, -0.2) is 0 Å². The van der Waals surface area contributed by atoms with Gasteiger partial charge in [-0.05, 0) is 5.56 Å². The van der Waals surface area contributed by atoms with Crippen molar-refractivity contribution < 1.29 is 19.5 Å². The van der Waals surface area contributed by atoms with E-state index < -0.39 is 17.9 Å². The SMILES string of the molecule is O=C1CC(O)C(=O)N1OCc1ccccc1. The molecule has 1 aromatic carbocycles. The highest BCUT2D eigenvalue weighted by atomic mass is 16.7. The van der Waals surface area contributed by atoms with Gasteiger partial charge in [0, 0.05) is 0 Å². The highest BCUT2D eigenvalue weighted by Gasteiger charge is 2.38. The number of amides is 2. The van der Waals surface area contributed by atoms with Crippen LogP contribution >= 0.6 is 0 Å². The number of hydrogen-bond acceptors (Lipinski definition) is 4. The fraction of sp³-hybridized carbons (Fsp3) is 0.273. The van der Waals surface area contributed by atoms with E-state index in [0.717, 1.165) is 5.56 Å². The molecule has 5 nitrogen and oxygen atoms in total. The van der Waals surface area contributed by atoms with Crippen LogP contribution in [0, 0.1) is 0 Å². The second kappa shape index (κ2) is 4.42. The molecule has 0 bridgehead atoms. The summed E-state index contributed by atoms with van der Waals surface area (Å²) in [6.07, 6.45) is -1.46. The normalized spacial score (nSPS) is 20.6. The van der Waals surface area contributed by atoms with Gasteiger partial charge >= 0.3 is 0 Å². The quantitative estimate of drug-likeness (QED) is 0.742. The summed E-state index contributed by atoms with van der Waals surface area (Å²) >= 11 is 0. The molecule has 1 aliphatic heterocycles. The van der Waals surface area contributed by atoms with Gasteiger partial charge in [-0.2, -0.15) is 5.06 Å². The maximum Gasteiger partial charge on any atom is 0.282 e. The molecule has 16 heavy (non-hydrogen) atoms. The molecule has 1 heterocycles. The van der Waals surface area contributed by atoms with E-state index in [4.69, 9.17) is 9.94 Å². The van der Waals surface area contributed by atoms with Crippen LogP contribution in [0.4, 0.5) is 0 Å². The number of imide groups is 1. The zero-order valence-electron chi connectivity index (χ0n) is 8.50. The molecule has 1 N–H and O–H groups in total. The van der Waals surface area contributed by atoms with Crippen molar-refractivity contribution >= 4 is 11.8 Å². The van der Waals surface area contributed by atoms with Crippen molar-refractivity contribution in [3.63, 3.8) is 0 Å². The summed E-state index contributed by atoms with van der Waals surface area (Å²) in [6.45, 7) is 0.130. The van der Waals surface area contributed by atoms with Gasteiger partial charge < -0.3 is 5.11 Å². The monoisotopic (exact) mass is 221 g/mol. The maximum atomic E-state index is 11.3. The number of hydrogen-bond donors (Lipinski definition) is 1. The lowest BCUT2D eigenvalue weighted by Gasteiger charge is -2.13. The van der Waals surface area contributed by atoms with Crippen LogP contribution in [-0.2, 0) is 21.0 Å². The molecule has 1 saturated heterocycles. The minimum absolute atomic E-state index is 0.130. The zero-order chi connectivity index (χ0) is 11.5. The summed E-state index contributed by atoms with van der Waals surface area (Å²) in [5, 5.41) is 9.78. The van der Waals surface area contributed by atoms with Crippen molar-refractivity contribution in [2.45, 2.75) is 19.1 Å². The average molecular weight is 221 g/mol. The van der Waals surface area contributed by atoms with Crippen molar-refractivity contribution in [1.82, 2.24) is 5.06 Å². The van der Waals surface area contributed by atoms with Gasteiger partial charge in [0.1, 0.15) is 12.7 Å². The molecule has 0 aliphatic carbocycles. The molecular weight excluding hydrogens is 210 g/mol. The van der Waals surface area contributed by atoms with Crippen LogP contribution < -0.4 is 0 Å². The number of aliphatic hydroxyl groups is 1. The number of hydroxylamine groups is 2. The smallest absolute Gasteiger partial charge is 0.282 e. The van der Waals surface area contributed by atoms with Gasteiger partial charge in [-0.3, -0.25) is 14.4 Å². The predicted octanol–water partition coefficient (Wildman–Crippen LogP) is 0.238. The summed E-state index contributed by atoms with van der Waals surface area (Å²) in [7, 11) is 0. The van der Waals surface area contributed by atoms with Gasteiger partial charge in [0.2, 0.25) is 0 Å². The zero-order valence-corrected chi connectivity index (χ0v) is 8.50. The summed E-state index contributed by atoms with van der Waals surface area (Å²) in [6, 6.07) is 9.17. The van der Waals surface area contributed by atoms with E-state index in [9.17, 15) is 9.59 Å². The lowest BCUT2D eigenvalue weighted by atomic mass is 10.2. The van der Waals surface area contributed by atoms with E-state index in [-0.39, 0.29) is 13.0 Å². The fourth-order valence-electron chi connectivity index (χ4n) is 1.44. The predicted molar refractivity (Wildman–Crippen MR) is 53.7 cm³/mol. The average Bonchev–Trinajstić information content (AvgIpc) is 2.53. The first-order chi connectivity index (χ1) is 7.68. The number of carbonyl (C=O) groups excluding carboxylic acids is 2. The lowest BCUT2D eigenvalue weighted by molar-refractivity contribution is -0.193. The van der Waals surface area contributed by atoms with Crippen molar-refractivity contribution in [1.29, 1.82) is 0 Å². The number of rotatable bonds is 3. The molecule has 0 spiro atoms. The Morgan fingerprint density at radius 1 is 1.31 bits per heavy atom. The largest absolute Gasteiger partial charge is 0.383 e. The Morgan fingerprint density at radius 3 is 2.56 bits per heavy atom. The molecule has 2 amide bonds. The van der Waals surface area contributed by atoms with Gasteiger partial charge in [-0.15, -0.1) is 0 Å². The van der Waals surface area contributed by atoms with Crippen LogP contribution in [0.2, 0.25) is 0 Å².